The summed E-state index contributed by atoms with van der Waals surface area (Å²) in [6.07, 6.45) is 3.29. The van der Waals surface area contributed by atoms with Gasteiger partial charge in [-0.15, -0.1) is 0 Å². The molecule has 0 radical (unpaired) electrons. The van der Waals surface area contributed by atoms with Crippen molar-refractivity contribution in [2.24, 2.45) is 0 Å². The van der Waals surface area contributed by atoms with Gasteiger partial charge in [0.2, 0.25) is 0 Å². The Balaban J connectivity index is 2.05. The van der Waals surface area contributed by atoms with Gasteiger partial charge in [0.1, 0.15) is 12.3 Å². The Bertz CT molecular complexity index is 1300. The number of quaternary nitrogens is 1. The van der Waals surface area contributed by atoms with E-state index in [1.54, 1.807) is 13.1 Å². The number of amides is 3. The van der Waals surface area contributed by atoms with Crippen LogP contribution in [0.15, 0.2) is 72.4 Å². The number of aliphatic hydroxyl groups is 1. The Hall–Kier alpha value is -2.27. The lowest BCUT2D eigenvalue weighted by Crippen LogP contribution is -2.82. The fourth-order valence-electron chi connectivity index (χ4n) is 6.02. The third-order valence-corrected chi connectivity index (χ3v) is 17.1. The number of nitrogens with one attached hydrogen (secondary N) is 1. The van der Waals surface area contributed by atoms with Crippen LogP contribution in [-0.2, 0) is 22.2 Å². The number of unbranched alkanes of at least 4 members (excludes halogenated alkanes) is 3. The minimum Gasteiger partial charge on any atom is -0.390 e. The van der Waals surface area contributed by atoms with E-state index in [0.29, 0.717) is 12.0 Å². The Morgan fingerprint density at radius 2 is 1.43 bits per heavy atom. The van der Waals surface area contributed by atoms with Gasteiger partial charge in [-0.3, -0.25) is 4.79 Å². The molecule has 0 aliphatic carbocycles. The maximum atomic E-state index is 14.8. The molecule has 46 heavy (non-hydrogen) atoms. The molecule has 12 heteroatoms. The molecule has 3 amide bonds. The molecule has 2 aliphatic rings. The molecule has 0 saturated carbocycles. The average Bonchev–Trinajstić information content (AvgIpc) is 3.32. The maximum absolute atomic E-state index is 14.8. The molecule has 2 heterocycles. The molecular weight excluding hydrogens is 633 g/mol. The summed E-state index contributed by atoms with van der Waals surface area (Å²) in [5, 5.41) is 13.7. The van der Waals surface area contributed by atoms with Crippen LogP contribution in [0.5, 0.6) is 0 Å². The van der Waals surface area contributed by atoms with E-state index >= 15 is 0 Å². The number of rotatable bonds is 15. The number of nitrogens with zero attached hydrogens (tertiary/aromatic N) is 1. The molecule has 4 atom stereocenters. The molecule has 1 unspecified atom stereocenters. The first-order chi connectivity index (χ1) is 21.6. The van der Waals surface area contributed by atoms with Crippen molar-refractivity contribution in [2.75, 3.05) is 0 Å². The lowest BCUT2D eigenvalue weighted by atomic mass is 10.0. The Labute approximate surface area is 278 Å². The van der Waals surface area contributed by atoms with Crippen LogP contribution in [0.4, 0.5) is 4.79 Å². The zero-order chi connectivity index (χ0) is 33.8. The minimum absolute atomic E-state index is 0.145. The van der Waals surface area contributed by atoms with Gasteiger partial charge in [0.25, 0.3) is 5.91 Å². The van der Waals surface area contributed by atoms with Gasteiger partial charge in [0, 0.05) is 0 Å². The highest BCUT2D eigenvalue weighted by Crippen LogP contribution is 2.45. The maximum Gasteiger partial charge on any atom is 0.780 e. The third kappa shape index (κ3) is 8.41. The van der Waals surface area contributed by atoms with E-state index in [4.69, 9.17) is 17.4 Å². The first-order valence-electron chi connectivity index (χ1n) is 16.6. The number of urea groups is 1. The molecule has 2 N–H and O–H groups in total. The molecular formula is C34H53N2O7Si3+. The molecule has 1 saturated heterocycles. The monoisotopic (exact) mass is 685 g/mol. The van der Waals surface area contributed by atoms with Crippen LogP contribution in [-0.4, -0.2) is 65.2 Å². The number of hydrogen-bond acceptors (Lipinski definition) is 7. The van der Waals surface area contributed by atoms with Crippen LogP contribution < -0.4 is 5.32 Å². The number of aliphatic hydroxyl groups excluding tert-OH is 1. The van der Waals surface area contributed by atoms with Crippen molar-refractivity contribution >= 4 is 37.5 Å². The highest BCUT2D eigenvalue weighted by atomic mass is 28.5. The summed E-state index contributed by atoms with van der Waals surface area (Å²) in [4.78, 5) is 28.3. The van der Waals surface area contributed by atoms with E-state index in [1.165, 1.54) is 0 Å². The molecule has 1 fully saturated rings. The van der Waals surface area contributed by atoms with E-state index in [0.717, 1.165) is 36.8 Å². The highest BCUT2D eigenvalue weighted by Gasteiger charge is 2.77. The standard InChI is InChI=1S/C34H52N2O7Si3/c1-9-10-11-14-23-29-25-36(34(39)35-33(29)38,31-24-30(37)26(2)40-31)46(42-44(3,4)5,43-45(6,7)8)41-32(27-19-15-12-16-20-27)28-21-17-13-18-22-28/h12-13,15-22,25-26,30-32,37H,9-11,14,23-24H2,1-8H3/p+1/t26-,30+,31-,36?/m1/s1. The second-order valence-corrected chi connectivity index (χ2v) is 26.5. The van der Waals surface area contributed by atoms with Gasteiger partial charge < -0.3 is 22.5 Å². The summed E-state index contributed by atoms with van der Waals surface area (Å²) in [5.74, 6) is -0.423. The van der Waals surface area contributed by atoms with Crippen LogP contribution in [0.1, 0.15) is 69.6 Å². The van der Waals surface area contributed by atoms with E-state index < -0.39 is 66.2 Å². The quantitative estimate of drug-likeness (QED) is 0.149. The molecule has 0 spiro atoms. The summed E-state index contributed by atoms with van der Waals surface area (Å²) in [5.41, 5.74) is 2.23. The van der Waals surface area contributed by atoms with Gasteiger partial charge in [0.15, 0.2) is 22.9 Å². The number of carbonyl (C=O) groups excluding carboxylic acids is 2. The van der Waals surface area contributed by atoms with Crippen molar-refractivity contribution in [3.05, 3.63) is 83.6 Å². The smallest absolute Gasteiger partial charge is 0.390 e. The Morgan fingerprint density at radius 3 is 1.89 bits per heavy atom. The lowest BCUT2D eigenvalue weighted by molar-refractivity contribution is -0.783. The zero-order valence-corrected chi connectivity index (χ0v) is 31.7. The zero-order valence-electron chi connectivity index (χ0n) is 28.7. The SMILES string of the molecule is CCCCCCC1=C[N+]([C@H]2C[C@H](O)[C@@H](C)O2)([Si](OC(c2ccccc2)c2ccccc2)(O[Si](C)(C)C)O[Si](C)(C)C)C(=O)NC1=O. The van der Waals surface area contributed by atoms with Crippen molar-refractivity contribution in [1.82, 2.24) is 5.32 Å². The highest BCUT2D eigenvalue weighted by molar-refractivity contribution is 6.83. The number of hydrogen-bond donors (Lipinski definition) is 2. The number of carbonyl (C=O) groups is 2. The van der Waals surface area contributed by atoms with E-state index in [-0.39, 0.29) is 6.42 Å². The second kappa shape index (κ2) is 14.9. The summed E-state index contributed by atoms with van der Waals surface area (Å²) < 4.78 is 27.8. The van der Waals surface area contributed by atoms with Crippen molar-refractivity contribution in [3.8, 4) is 0 Å². The van der Waals surface area contributed by atoms with Crippen molar-refractivity contribution < 1.29 is 36.2 Å². The van der Waals surface area contributed by atoms with Crippen LogP contribution >= 0.6 is 0 Å². The van der Waals surface area contributed by atoms with Gasteiger partial charge in [-0.1, -0.05) is 86.8 Å². The predicted molar refractivity (Wildman–Crippen MR) is 186 cm³/mol. The van der Waals surface area contributed by atoms with Gasteiger partial charge in [-0.05, 0) is 70.2 Å². The molecule has 2 aromatic rings. The Morgan fingerprint density at radius 1 is 0.891 bits per heavy atom. The summed E-state index contributed by atoms with van der Waals surface area (Å²) in [6.45, 7) is 16.3. The second-order valence-electron chi connectivity index (χ2n) is 14.4. The summed E-state index contributed by atoms with van der Waals surface area (Å²) in [6, 6.07) is 19.1. The molecule has 2 aliphatic heterocycles. The van der Waals surface area contributed by atoms with Crippen LogP contribution in [0.3, 0.4) is 0 Å². The molecule has 4 rings (SSSR count). The van der Waals surface area contributed by atoms with Crippen molar-refractivity contribution in [3.63, 3.8) is 0 Å². The van der Waals surface area contributed by atoms with Crippen molar-refractivity contribution in [1.29, 1.82) is 0 Å². The molecule has 9 nitrogen and oxygen atoms in total. The van der Waals surface area contributed by atoms with Crippen LogP contribution in [0.2, 0.25) is 39.3 Å². The van der Waals surface area contributed by atoms with E-state index in [2.05, 4.69) is 51.5 Å². The van der Waals surface area contributed by atoms with Crippen LogP contribution in [0.25, 0.3) is 0 Å². The van der Waals surface area contributed by atoms with Gasteiger partial charge >= 0.3 is 15.0 Å². The normalized spacial score (nSPS) is 24.3. The molecule has 252 valence electrons. The molecule has 2 aromatic carbocycles. The topological polar surface area (TPSA) is 103 Å². The lowest BCUT2D eigenvalue weighted by Gasteiger charge is -2.50. The largest absolute Gasteiger partial charge is 0.780 e. The van der Waals surface area contributed by atoms with E-state index in [9.17, 15) is 14.7 Å². The Kier molecular flexibility index (Phi) is 11.8. The van der Waals surface area contributed by atoms with Crippen molar-refractivity contribution in [2.45, 2.75) is 116 Å². The van der Waals surface area contributed by atoms with E-state index in [1.807, 2.05) is 60.7 Å². The first-order valence-corrected chi connectivity index (χ1v) is 25.1. The molecule has 0 aromatic heterocycles. The number of ether oxygens (including phenoxy) is 1. The van der Waals surface area contributed by atoms with Crippen LogP contribution in [0, 0.1) is 0 Å². The fraction of sp³-hybridized carbons (Fsp3) is 0.529. The minimum atomic E-state index is -4.37. The fourth-order valence-corrected chi connectivity index (χ4v) is 16.2. The third-order valence-electron chi connectivity index (χ3n) is 8.11. The first kappa shape index (κ1) is 36.6. The molecule has 0 bridgehead atoms. The number of benzene rings is 2. The van der Waals surface area contributed by atoms with Gasteiger partial charge in [-0.25, -0.2) is 10.1 Å². The average molecular weight is 686 g/mol. The van der Waals surface area contributed by atoms with Gasteiger partial charge in [0.05, 0.1) is 24.2 Å². The summed E-state index contributed by atoms with van der Waals surface area (Å²) in [7, 11) is -9.52. The number of imide groups is 1. The summed E-state index contributed by atoms with van der Waals surface area (Å²) >= 11 is 0. The van der Waals surface area contributed by atoms with Gasteiger partial charge in [-0.2, -0.15) is 4.15 Å². The predicted octanol–water partition coefficient (Wildman–Crippen LogP) is 7.35.